The zero-order chi connectivity index (χ0) is 24.7. The van der Waals surface area contributed by atoms with Gasteiger partial charge in [-0.1, -0.05) is 23.7 Å². The zero-order valence-electron chi connectivity index (χ0n) is 19.6. The number of benzene rings is 2. The van der Waals surface area contributed by atoms with Crippen molar-refractivity contribution < 1.29 is 14.4 Å². The molecule has 0 radical (unpaired) electrons. The van der Waals surface area contributed by atoms with E-state index in [1.807, 2.05) is 0 Å². The van der Waals surface area contributed by atoms with Crippen molar-refractivity contribution in [3.05, 3.63) is 76.1 Å². The molecule has 2 aromatic carbocycles. The Morgan fingerprint density at radius 2 is 1.86 bits per heavy atom. The van der Waals surface area contributed by atoms with Crippen LogP contribution < -0.4 is 10.2 Å². The van der Waals surface area contributed by atoms with E-state index in [0.29, 0.717) is 58.6 Å². The van der Waals surface area contributed by atoms with Gasteiger partial charge in [0, 0.05) is 49.0 Å². The summed E-state index contributed by atoms with van der Waals surface area (Å²) in [5, 5.41) is 8.06. The highest BCUT2D eigenvalue weighted by molar-refractivity contribution is 6.30. The Balaban J connectivity index is 1.55. The molecule has 1 fully saturated rings. The van der Waals surface area contributed by atoms with Gasteiger partial charge in [0.2, 0.25) is 0 Å². The molecule has 1 N–H and O–H groups in total. The van der Waals surface area contributed by atoms with Crippen LogP contribution in [0.4, 0.5) is 5.69 Å². The van der Waals surface area contributed by atoms with Crippen LogP contribution in [0, 0.1) is 5.92 Å². The molecule has 35 heavy (non-hydrogen) atoms. The highest BCUT2D eigenvalue weighted by Gasteiger charge is 2.35. The summed E-state index contributed by atoms with van der Waals surface area (Å²) in [5.41, 5.74) is 2.94. The molecule has 3 aromatic rings. The lowest BCUT2D eigenvalue weighted by Gasteiger charge is -2.28. The fourth-order valence-corrected chi connectivity index (χ4v) is 4.48. The van der Waals surface area contributed by atoms with Crippen LogP contribution >= 0.6 is 11.6 Å². The van der Waals surface area contributed by atoms with Crippen molar-refractivity contribution in [2.24, 2.45) is 5.92 Å². The number of hydrogen-bond acceptors (Lipinski definition) is 4. The second-order valence-electron chi connectivity index (χ2n) is 9.18. The number of fused-ring (bicyclic) bond motifs is 1. The Morgan fingerprint density at radius 1 is 1.11 bits per heavy atom. The van der Waals surface area contributed by atoms with Crippen molar-refractivity contribution >= 4 is 35.0 Å². The highest BCUT2D eigenvalue weighted by Crippen LogP contribution is 2.31. The molecule has 5 rings (SSSR count). The maximum atomic E-state index is 13.8. The molecule has 1 aromatic heterocycles. The largest absolute Gasteiger partial charge is 0.350 e. The minimum absolute atomic E-state index is 0.143. The van der Waals surface area contributed by atoms with Crippen molar-refractivity contribution in [2.75, 3.05) is 32.1 Å². The van der Waals surface area contributed by atoms with Crippen LogP contribution in [0.2, 0.25) is 5.02 Å². The molecule has 0 atom stereocenters. The van der Waals surface area contributed by atoms with Crippen molar-refractivity contribution in [3.63, 3.8) is 0 Å². The Hall–Kier alpha value is -3.65. The topological polar surface area (TPSA) is 87.5 Å². The second-order valence-corrected chi connectivity index (χ2v) is 9.61. The van der Waals surface area contributed by atoms with Crippen LogP contribution in [0.3, 0.4) is 0 Å². The van der Waals surface area contributed by atoms with Gasteiger partial charge in [0.05, 0.1) is 5.69 Å². The summed E-state index contributed by atoms with van der Waals surface area (Å²) in [4.78, 5) is 42.4. The highest BCUT2D eigenvalue weighted by atomic mass is 35.5. The van der Waals surface area contributed by atoms with E-state index in [1.165, 1.54) is 9.58 Å². The number of nitrogens with zero attached hydrogens (tertiary/aromatic N) is 4. The van der Waals surface area contributed by atoms with Crippen LogP contribution in [0.1, 0.15) is 49.7 Å². The summed E-state index contributed by atoms with van der Waals surface area (Å²) in [6.45, 7) is 0.986. The molecular formula is C26H26ClN5O3. The van der Waals surface area contributed by atoms with Crippen molar-refractivity contribution in [1.82, 2.24) is 20.0 Å². The monoisotopic (exact) mass is 491 g/mol. The lowest BCUT2D eigenvalue weighted by Crippen LogP contribution is -2.39. The maximum Gasteiger partial charge on any atom is 0.277 e. The third-order valence-electron chi connectivity index (χ3n) is 6.34. The first-order valence-corrected chi connectivity index (χ1v) is 12.0. The van der Waals surface area contributed by atoms with Crippen molar-refractivity contribution in [1.29, 1.82) is 0 Å². The van der Waals surface area contributed by atoms with Gasteiger partial charge >= 0.3 is 0 Å². The molecule has 2 aliphatic rings. The number of aromatic nitrogens is 2. The Labute approximate surface area is 208 Å². The van der Waals surface area contributed by atoms with Gasteiger partial charge < -0.3 is 15.1 Å². The van der Waals surface area contributed by atoms with Gasteiger partial charge in [-0.15, -0.1) is 0 Å². The third-order valence-corrected chi connectivity index (χ3v) is 6.58. The smallest absolute Gasteiger partial charge is 0.277 e. The molecule has 1 saturated carbocycles. The Morgan fingerprint density at radius 3 is 2.57 bits per heavy atom. The van der Waals surface area contributed by atoms with Gasteiger partial charge in [0.1, 0.15) is 5.69 Å². The van der Waals surface area contributed by atoms with Crippen LogP contribution in [-0.4, -0.2) is 59.6 Å². The number of rotatable bonds is 6. The third kappa shape index (κ3) is 4.53. The van der Waals surface area contributed by atoms with E-state index in [2.05, 4.69) is 10.4 Å². The summed E-state index contributed by atoms with van der Waals surface area (Å²) in [5.74, 6) is -0.169. The van der Waals surface area contributed by atoms with E-state index in [-0.39, 0.29) is 23.4 Å². The molecular weight excluding hydrogens is 466 g/mol. The van der Waals surface area contributed by atoms with Crippen LogP contribution in [-0.2, 0) is 6.42 Å². The molecule has 1 aliphatic carbocycles. The van der Waals surface area contributed by atoms with Gasteiger partial charge in [-0.2, -0.15) is 5.10 Å². The first kappa shape index (κ1) is 23.1. The molecule has 2 heterocycles. The number of hydrogen-bond donors (Lipinski definition) is 1. The minimum Gasteiger partial charge on any atom is -0.350 e. The standard InChI is InChI=1S/C26H26ClN5O3/c1-30(2)25(34)17-5-3-7-19(13-17)31-12-11-21-22(24(33)28-15-16-9-10-16)29-32(23(21)26(31)35)20-8-4-6-18(27)14-20/h3-8,13-14,16H,9-12,15H2,1-2H3,(H,28,33). The van der Waals surface area contributed by atoms with E-state index in [1.54, 1.807) is 67.5 Å². The number of amides is 3. The summed E-state index contributed by atoms with van der Waals surface area (Å²) >= 11 is 6.22. The fraction of sp³-hybridized carbons (Fsp3) is 0.308. The van der Waals surface area contributed by atoms with Crippen LogP contribution in [0.15, 0.2) is 48.5 Å². The van der Waals surface area contributed by atoms with Crippen molar-refractivity contribution in [2.45, 2.75) is 19.3 Å². The quantitative estimate of drug-likeness (QED) is 0.571. The van der Waals surface area contributed by atoms with E-state index < -0.39 is 0 Å². The number of carbonyl (C=O) groups excluding carboxylic acids is 3. The molecule has 0 saturated heterocycles. The summed E-state index contributed by atoms with van der Waals surface area (Å²) in [7, 11) is 3.37. The van der Waals surface area contributed by atoms with Crippen LogP contribution in [0.25, 0.3) is 5.69 Å². The Bertz CT molecular complexity index is 1330. The van der Waals surface area contributed by atoms with E-state index in [9.17, 15) is 14.4 Å². The molecule has 3 amide bonds. The summed E-state index contributed by atoms with van der Waals surface area (Å²) in [6, 6.07) is 14.0. The normalized spacial score (nSPS) is 15.1. The van der Waals surface area contributed by atoms with Crippen molar-refractivity contribution in [3.8, 4) is 5.69 Å². The SMILES string of the molecule is CN(C)C(=O)c1cccc(N2CCc3c(C(=O)NCC4CC4)nn(-c4cccc(Cl)c4)c3C2=O)c1. The minimum atomic E-state index is -0.283. The molecule has 8 nitrogen and oxygen atoms in total. The summed E-state index contributed by atoms with van der Waals surface area (Å²) in [6.07, 6.45) is 2.70. The second kappa shape index (κ2) is 9.19. The average Bonchev–Trinajstić information content (AvgIpc) is 3.60. The molecule has 0 unspecified atom stereocenters. The number of halogens is 1. The Kier molecular flexibility index (Phi) is 6.06. The lowest BCUT2D eigenvalue weighted by molar-refractivity contribution is 0.0826. The molecule has 180 valence electrons. The number of carbonyl (C=O) groups is 3. The maximum absolute atomic E-state index is 13.8. The first-order valence-electron chi connectivity index (χ1n) is 11.6. The van der Waals surface area contributed by atoms with Gasteiger partial charge in [-0.05, 0) is 61.6 Å². The number of nitrogens with one attached hydrogen (secondary N) is 1. The first-order chi connectivity index (χ1) is 16.8. The van der Waals surface area contributed by atoms with Gasteiger partial charge in [0.25, 0.3) is 17.7 Å². The van der Waals surface area contributed by atoms with E-state index in [4.69, 9.17) is 11.6 Å². The van der Waals surface area contributed by atoms with E-state index >= 15 is 0 Å². The van der Waals surface area contributed by atoms with Gasteiger partial charge in [0.15, 0.2) is 5.69 Å². The molecule has 1 aliphatic heterocycles. The summed E-state index contributed by atoms with van der Waals surface area (Å²) < 4.78 is 1.51. The number of anilines is 1. The fourth-order valence-electron chi connectivity index (χ4n) is 4.29. The lowest BCUT2D eigenvalue weighted by atomic mass is 10.0. The average molecular weight is 492 g/mol. The predicted octanol–water partition coefficient (Wildman–Crippen LogP) is 3.57. The molecule has 0 bridgehead atoms. The van der Waals surface area contributed by atoms with Crippen LogP contribution in [0.5, 0.6) is 0 Å². The predicted molar refractivity (Wildman–Crippen MR) is 133 cm³/mol. The van der Waals surface area contributed by atoms with E-state index in [0.717, 1.165) is 12.8 Å². The zero-order valence-corrected chi connectivity index (χ0v) is 20.4. The molecule has 9 heteroatoms. The van der Waals surface area contributed by atoms with Gasteiger partial charge in [-0.3, -0.25) is 14.4 Å². The van der Waals surface area contributed by atoms with Gasteiger partial charge in [-0.25, -0.2) is 4.68 Å². The molecule has 0 spiro atoms.